The van der Waals surface area contributed by atoms with Crippen LogP contribution in [0.25, 0.3) is 21.5 Å². The van der Waals surface area contributed by atoms with Crippen LogP contribution in [0.5, 0.6) is 11.5 Å². The molecule has 0 aliphatic heterocycles. The third-order valence-corrected chi connectivity index (χ3v) is 13.9. The average Bonchev–Trinajstić information content (AvgIpc) is 3.31. The fourth-order valence-corrected chi connectivity index (χ4v) is 11.5. The van der Waals surface area contributed by atoms with Gasteiger partial charge in [0.15, 0.2) is 0 Å². The van der Waals surface area contributed by atoms with E-state index in [0.29, 0.717) is 21.9 Å². The highest BCUT2D eigenvalue weighted by atomic mass is 16.3. The van der Waals surface area contributed by atoms with Gasteiger partial charge in [-0.25, -0.2) is 0 Å². The molecule has 0 fully saturated rings. The quantitative estimate of drug-likeness (QED) is 0.138. The molecular formula is C56H36N2O2. The number of nitrogens with zero attached hydrogens (tertiary/aromatic N) is 2. The minimum atomic E-state index is -0.754. The summed E-state index contributed by atoms with van der Waals surface area (Å²) >= 11 is 0. The normalized spacial score (nSPS) is 21.1. The van der Waals surface area contributed by atoms with E-state index in [4.69, 9.17) is 9.98 Å². The lowest BCUT2D eigenvalue weighted by Crippen LogP contribution is -2.41. The summed E-state index contributed by atoms with van der Waals surface area (Å²) in [6, 6.07) is 63.8. The van der Waals surface area contributed by atoms with E-state index >= 15 is 0 Å². The molecule has 9 aromatic carbocycles. The maximum atomic E-state index is 12.0. The second kappa shape index (κ2) is 12.0. The van der Waals surface area contributed by atoms with Gasteiger partial charge in [-0.3, -0.25) is 9.98 Å². The highest BCUT2D eigenvalue weighted by Gasteiger charge is 2.53. The van der Waals surface area contributed by atoms with Crippen molar-refractivity contribution in [2.45, 2.75) is 22.9 Å². The monoisotopic (exact) mass is 768 g/mol. The first-order valence-corrected chi connectivity index (χ1v) is 20.7. The summed E-state index contributed by atoms with van der Waals surface area (Å²) in [4.78, 5) is 11.0. The second-order valence-electron chi connectivity index (χ2n) is 16.6. The first-order chi connectivity index (χ1) is 29.6. The van der Waals surface area contributed by atoms with Crippen molar-refractivity contribution in [3.63, 3.8) is 0 Å². The summed E-state index contributed by atoms with van der Waals surface area (Å²) in [5.74, 6) is 0.621. The number of phenols is 2. The van der Waals surface area contributed by atoms with Crippen LogP contribution in [-0.2, 0) is 11.1 Å². The van der Waals surface area contributed by atoms with E-state index in [0.717, 1.165) is 10.8 Å². The Balaban J connectivity index is 0.925. The van der Waals surface area contributed by atoms with Crippen LogP contribution in [0.4, 0.5) is 0 Å². The first-order valence-electron chi connectivity index (χ1n) is 20.7. The molecule has 6 aliphatic carbocycles. The molecule has 0 aromatic heterocycles. The van der Waals surface area contributed by atoms with Crippen molar-refractivity contribution < 1.29 is 10.2 Å². The minimum absolute atomic E-state index is 0.155. The van der Waals surface area contributed by atoms with Gasteiger partial charge < -0.3 is 10.2 Å². The maximum absolute atomic E-state index is 12.0. The van der Waals surface area contributed by atoms with Crippen LogP contribution in [0.1, 0.15) is 89.7 Å². The van der Waals surface area contributed by atoms with E-state index in [1.165, 1.54) is 66.8 Å². The first kappa shape index (κ1) is 33.4. The summed E-state index contributed by atoms with van der Waals surface area (Å²) in [6.07, 6.45) is 3.69. The summed E-state index contributed by atoms with van der Waals surface area (Å²) in [5, 5.41) is 27.0. The molecule has 9 aromatic rings. The van der Waals surface area contributed by atoms with Crippen LogP contribution in [0.15, 0.2) is 192 Å². The highest BCUT2D eigenvalue weighted by molar-refractivity contribution is 6.08. The van der Waals surface area contributed by atoms with Crippen molar-refractivity contribution in [1.29, 1.82) is 0 Å². The number of fused-ring (bicyclic) bond motifs is 2. The molecule has 4 bridgehead atoms. The summed E-state index contributed by atoms with van der Waals surface area (Å²) < 4.78 is 0. The predicted octanol–water partition coefficient (Wildman–Crippen LogP) is 11.8. The molecule has 15 rings (SSSR count). The fourth-order valence-electron chi connectivity index (χ4n) is 11.5. The number of phenolic OH excluding ortho intramolecular Hbond substituents is 2. The number of aliphatic imine (C=N–C) groups is 2. The SMILES string of the molecule is Oc1c(C=NC23c4ccccc4C(c4ccccc42)c2ccccc23)ccc2cc3c(O)c(C=NC45c6ccccc6C(c6ccccc64)c4ccccc45)ccc3cc12. The smallest absolute Gasteiger partial charge is 0.137 e. The lowest BCUT2D eigenvalue weighted by Gasteiger charge is -2.48. The Morgan fingerprint density at radius 3 is 0.900 bits per heavy atom. The lowest BCUT2D eigenvalue weighted by molar-refractivity contribution is 0.479. The van der Waals surface area contributed by atoms with Gasteiger partial charge >= 0.3 is 0 Å². The predicted molar refractivity (Wildman–Crippen MR) is 240 cm³/mol. The number of aromatic hydroxyl groups is 2. The molecule has 4 nitrogen and oxygen atoms in total. The number of hydrogen-bond donors (Lipinski definition) is 2. The van der Waals surface area contributed by atoms with E-state index in [2.05, 4.69) is 146 Å². The van der Waals surface area contributed by atoms with Crippen molar-refractivity contribution in [2.75, 3.05) is 0 Å². The van der Waals surface area contributed by atoms with Gasteiger partial charge in [0.05, 0.1) is 0 Å². The molecule has 282 valence electrons. The van der Waals surface area contributed by atoms with E-state index in [1.807, 2.05) is 48.8 Å². The Hall–Kier alpha value is -7.56. The summed E-state index contributed by atoms with van der Waals surface area (Å²) in [7, 11) is 0. The van der Waals surface area contributed by atoms with E-state index < -0.39 is 11.1 Å². The largest absolute Gasteiger partial charge is 0.507 e. The zero-order valence-electron chi connectivity index (χ0n) is 32.4. The van der Waals surface area contributed by atoms with Crippen LogP contribution in [0.3, 0.4) is 0 Å². The topological polar surface area (TPSA) is 65.2 Å². The number of hydrogen-bond acceptors (Lipinski definition) is 4. The molecule has 2 N–H and O–H groups in total. The van der Waals surface area contributed by atoms with Crippen molar-refractivity contribution in [3.05, 3.63) is 260 Å². The molecule has 0 spiro atoms. The van der Waals surface area contributed by atoms with Gasteiger partial charge in [0.25, 0.3) is 0 Å². The zero-order valence-corrected chi connectivity index (χ0v) is 32.4. The molecule has 0 saturated heterocycles. The van der Waals surface area contributed by atoms with Crippen LogP contribution in [0.2, 0.25) is 0 Å². The molecule has 0 atom stereocenters. The molecule has 6 aliphatic rings. The van der Waals surface area contributed by atoms with Gasteiger partial charge in [0.1, 0.15) is 22.6 Å². The molecule has 0 radical (unpaired) electrons. The second-order valence-corrected chi connectivity index (χ2v) is 16.6. The average molecular weight is 769 g/mol. The standard InChI is InChI=1S/C56H36N2O2/c59-53-35(31-57-55-45-19-7-1-13-37(45)51(38-14-2-8-20-46(38)55)39-15-3-9-21-47(39)55)27-25-33-30-44-34(29-43(33)53)26-28-36(54(44)60)32-58-56-48-22-10-4-16-40(48)52(41-17-5-11-23-49(41)56)42-18-6-12-24-50(42)56/h1-32,51-52,59-60H. The van der Waals surface area contributed by atoms with Crippen LogP contribution < -0.4 is 0 Å². The number of benzene rings is 9. The number of rotatable bonds is 4. The maximum Gasteiger partial charge on any atom is 0.137 e. The van der Waals surface area contributed by atoms with Crippen molar-refractivity contribution in [2.24, 2.45) is 9.98 Å². The minimum Gasteiger partial charge on any atom is -0.507 e. The van der Waals surface area contributed by atoms with E-state index in [-0.39, 0.29) is 23.3 Å². The van der Waals surface area contributed by atoms with Crippen LogP contribution in [0, 0.1) is 0 Å². The lowest BCUT2D eigenvalue weighted by atomic mass is 9.57. The van der Waals surface area contributed by atoms with Crippen LogP contribution >= 0.6 is 0 Å². The van der Waals surface area contributed by atoms with Gasteiger partial charge in [-0.15, -0.1) is 0 Å². The third-order valence-electron chi connectivity index (χ3n) is 13.9. The Bertz CT molecular complexity index is 2940. The molecule has 0 saturated carbocycles. The van der Waals surface area contributed by atoms with Crippen LogP contribution in [-0.4, -0.2) is 22.6 Å². The van der Waals surface area contributed by atoms with E-state index in [1.54, 1.807) is 0 Å². The van der Waals surface area contributed by atoms with E-state index in [9.17, 15) is 10.2 Å². The van der Waals surface area contributed by atoms with Crippen molar-refractivity contribution in [3.8, 4) is 11.5 Å². The van der Waals surface area contributed by atoms with Crippen molar-refractivity contribution >= 4 is 34.0 Å². The summed E-state index contributed by atoms with van der Waals surface area (Å²) in [6.45, 7) is 0. The Kier molecular flexibility index (Phi) is 6.68. The fraction of sp³-hybridized carbons (Fsp3) is 0.0714. The van der Waals surface area contributed by atoms with Gasteiger partial charge in [0, 0.05) is 46.2 Å². The Labute approximate surface area is 347 Å². The third kappa shape index (κ3) is 4.15. The van der Waals surface area contributed by atoms with Gasteiger partial charge in [0.2, 0.25) is 0 Å². The summed E-state index contributed by atoms with van der Waals surface area (Å²) in [5.41, 5.74) is 14.5. The molecule has 60 heavy (non-hydrogen) atoms. The Morgan fingerprint density at radius 2 is 0.617 bits per heavy atom. The molecule has 4 heteroatoms. The molecule has 0 amide bonds. The van der Waals surface area contributed by atoms with Crippen molar-refractivity contribution in [1.82, 2.24) is 0 Å². The van der Waals surface area contributed by atoms with Gasteiger partial charge in [-0.1, -0.05) is 158 Å². The zero-order chi connectivity index (χ0) is 39.7. The molecule has 0 heterocycles. The van der Waals surface area contributed by atoms with Gasteiger partial charge in [-0.05, 0) is 102 Å². The Morgan fingerprint density at radius 1 is 0.350 bits per heavy atom. The molecular weight excluding hydrogens is 733 g/mol. The molecule has 0 unspecified atom stereocenters. The van der Waals surface area contributed by atoms with Gasteiger partial charge in [-0.2, -0.15) is 0 Å². The highest BCUT2D eigenvalue weighted by Crippen LogP contribution is 2.61.